The summed E-state index contributed by atoms with van der Waals surface area (Å²) in [6, 6.07) is 12.5. The summed E-state index contributed by atoms with van der Waals surface area (Å²) in [6.45, 7) is 19.3. The van der Waals surface area contributed by atoms with E-state index in [1.165, 1.54) is 46.0 Å². The first-order chi connectivity index (χ1) is 36.4. The summed E-state index contributed by atoms with van der Waals surface area (Å²) in [7, 11) is 0. The van der Waals surface area contributed by atoms with Gasteiger partial charge in [0.05, 0.1) is 39.3 Å². The molecule has 0 radical (unpaired) electrons. The quantitative estimate of drug-likeness (QED) is 0.0482. The number of ether oxygens (including phenoxy) is 2. The van der Waals surface area contributed by atoms with Crippen molar-refractivity contribution in [2.75, 3.05) is 36.8 Å². The zero-order valence-electron chi connectivity index (χ0n) is 47.3. The van der Waals surface area contributed by atoms with Crippen molar-refractivity contribution in [3.8, 4) is 0 Å². The molecule has 5 N–H and O–H groups in total. The Labute approximate surface area is 588 Å². The predicted octanol–water partition coefficient (Wildman–Crippen LogP) is 2.73. The molecule has 4 amide bonds. The number of pyridine rings is 2. The van der Waals surface area contributed by atoms with Crippen molar-refractivity contribution in [2.45, 2.75) is 115 Å². The number of aliphatic hydroxyl groups is 2. The van der Waals surface area contributed by atoms with Gasteiger partial charge in [0.15, 0.2) is 0 Å². The molecule has 2 fully saturated rings. The molecule has 0 unspecified atom stereocenters. The molecule has 8 rings (SSSR count). The summed E-state index contributed by atoms with van der Waals surface area (Å²) in [5.41, 5.74) is -4.42. The number of benzene rings is 2. The van der Waals surface area contributed by atoms with Gasteiger partial charge in [0.2, 0.25) is 0 Å². The van der Waals surface area contributed by atoms with Crippen molar-refractivity contribution in [2.24, 2.45) is 0 Å². The summed E-state index contributed by atoms with van der Waals surface area (Å²) in [5.74, 6) is -1.67. The van der Waals surface area contributed by atoms with E-state index in [4.69, 9.17) is 19.5 Å². The van der Waals surface area contributed by atoms with Gasteiger partial charge in [-0.1, -0.05) is 28.1 Å². The number of carbonyl (C=O) groups excluding carboxylic acids is 5. The Balaban J connectivity index is 0.000000442. The molecule has 2 saturated heterocycles. The molecule has 0 saturated carbocycles. The number of likely N-dealkylation sites (tertiary alicyclic amines) is 2. The number of H-pyrrole nitrogens is 1. The van der Waals surface area contributed by atoms with Crippen molar-refractivity contribution in [3.63, 3.8) is 0 Å². The van der Waals surface area contributed by atoms with Crippen LogP contribution in [0.4, 0.5) is 47.3 Å². The average Bonchev–Trinajstić information content (AvgIpc) is 3.94. The number of aromatic nitrogens is 6. The van der Waals surface area contributed by atoms with Crippen LogP contribution in [0.1, 0.15) is 120 Å². The molecular formula is C51H59BrCs2F6N10O11. The third-order valence-corrected chi connectivity index (χ3v) is 11.6. The molecule has 30 heteroatoms. The number of carbonyl (C=O) groups is 5. The molecule has 0 bridgehead atoms. The third kappa shape index (κ3) is 21.3. The van der Waals surface area contributed by atoms with Crippen LogP contribution in [-0.4, -0.2) is 123 Å². The van der Waals surface area contributed by atoms with Crippen LogP contribution in [0.2, 0.25) is 0 Å². The van der Waals surface area contributed by atoms with E-state index in [2.05, 4.69) is 56.7 Å². The number of rotatable bonds is 8. The molecule has 0 aliphatic carbocycles. The van der Waals surface area contributed by atoms with E-state index >= 15 is 0 Å². The first kappa shape index (κ1) is 71.9. The van der Waals surface area contributed by atoms with Crippen LogP contribution in [0.25, 0.3) is 21.8 Å². The number of fused-ring (bicyclic) bond motifs is 2. The number of amides is 4. The zero-order valence-corrected chi connectivity index (χ0v) is 60.5. The molecule has 2 aliphatic rings. The standard InChI is InChI=1S/C25H28F3N5O4.C17H15F3N4O2.C8H14BrNO2.CH2O3.2Cs.H/c1-23(2,3)37-22(35)32-12-15(13-32)33-11-14-9-19(16(24(4,5)36)10-18(14)31-33)30-21(34)17-7-6-8-20(29-17)25(26,27)28;1-16(2,26)10-7-12-9(8-21-24-12)6-13(10)23-15(25)11-4-3-5-14(22-11)17(18,19)20;1-8(2,3)12-7(11)10-4-6(9)5-10;2-1-4-3;;;/h6-11,15,36H,12-13H2,1-5H3,(H,30,34);3-8,26H,1-2H3,(H,21,24)(H,23,25);6H,4-5H2,1-3H3;1,3H;;;/q;;;;2*+1;-1/p-1. The molecule has 0 spiro atoms. The fourth-order valence-corrected chi connectivity index (χ4v) is 8.00. The predicted molar refractivity (Wildman–Crippen MR) is 276 cm³/mol. The van der Waals surface area contributed by atoms with Crippen LogP contribution in [0.3, 0.4) is 0 Å². The van der Waals surface area contributed by atoms with Crippen LogP contribution in [0.15, 0.2) is 73.1 Å². The third-order valence-electron chi connectivity index (χ3n) is 11.0. The second-order valence-corrected chi connectivity index (χ2v) is 22.3. The number of halogens is 7. The SMILES string of the molecule is CC(C)(C)OC(=O)N1CC(Br)C1.CC(C)(C)OC(=O)N1CC(n2cc3cc(NC(=O)c4cccc(C(F)(F)F)n4)c(C(C)(C)O)cc3n2)C1.CC(C)(O)c1cc2[nH]ncc2cc1NC(=O)c1cccc(C(F)(F)F)n1.O=CO[O-].[Cs+].[Cs+].[H-]. The second kappa shape index (κ2) is 29.2. The molecule has 2 aliphatic heterocycles. The Kier molecular flexibility index (Phi) is 25.9. The Morgan fingerprint density at radius 3 is 1.52 bits per heavy atom. The van der Waals surface area contributed by atoms with Crippen LogP contribution < -0.4 is 154 Å². The normalized spacial score (nSPS) is 13.9. The maximum atomic E-state index is 13.0. The monoisotopic (exact) mass is 1450 g/mol. The number of hydrogen-bond donors (Lipinski definition) is 5. The van der Waals surface area contributed by atoms with Crippen molar-refractivity contribution >= 4 is 79.6 Å². The van der Waals surface area contributed by atoms with Gasteiger partial charge in [0, 0.05) is 65.6 Å². The maximum absolute atomic E-state index is 13.0. The summed E-state index contributed by atoms with van der Waals surface area (Å²) in [6.07, 6.45) is -6.68. The van der Waals surface area contributed by atoms with Crippen LogP contribution in [0.5, 0.6) is 0 Å². The molecule has 6 aromatic rings. The Hall–Kier alpha value is -3.33. The van der Waals surface area contributed by atoms with Crippen LogP contribution in [0, 0.1) is 0 Å². The van der Waals surface area contributed by atoms with E-state index < -0.39 is 64.1 Å². The van der Waals surface area contributed by atoms with Gasteiger partial charge in [-0.05, 0) is 118 Å². The van der Waals surface area contributed by atoms with Gasteiger partial charge >= 0.3 is 162 Å². The first-order valence-electron chi connectivity index (χ1n) is 23.9. The Morgan fingerprint density at radius 2 is 1.12 bits per heavy atom. The molecular weight excluding hydrogens is 1390 g/mol. The largest absolute Gasteiger partial charge is 1.00 e. The fourth-order valence-electron chi connectivity index (χ4n) is 7.30. The molecule has 4 aromatic heterocycles. The van der Waals surface area contributed by atoms with Crippen molar-refractivity contribution in [1.82, 2.24) is 39.7 Å². The van der Waals surface area contributed by atoms with E-state index in [0.29, 0.717) is 50.8 Å². The zero-order chi connectivity index (χ0) is 59.2. The van der Waals surface area contributed by atoms with Crippen molar-refractivity contribution < 1.29 is 219 Å². The summed E-state index contributed by atoms with van der Waals surface area (Å²) < 4.78 is 89.7. The number of aromatic amines is 1. The van der Waals surface area contributed by atoms with Gasteiger partial charge in [-0.3, -0.25) is 24.2 Å². The van der Waals surface area contributed by atoms with Crippen LogP contribution >= 0.6 is 15.9 Å². The minimum absolute atomic E-state index is 0. The van der Waals surface area contributed by atoms with Crippen LogP contribution in [-0.2, 0) is 42.7 Å². The Bertz CT molecular complexity index is 3170. The Morgan fingerprint density at radius 1 is 0.704 bits per heavy atom. The van der Waals surface area contributed by atoms with E-state index in [1.54, 1.807) is 65.7 Å². The number of nitrogens with zero attached hydrogens (tertiary/aromatic N) is 7. The minimum atomic E-state index is -4.69. The van der Waals surface area contributed by atoms with E-state index in [-0.39, 0.29) is 180 Å². The second-order valence-electron chi connectivity index (χ2n) is 21.0. The number of alkyl halides is 7. The van der Waals surface area contributed by atoms with Crippen molar-refractivity contribution in [3.05, 3.63) is 107 Å². The van der Waals surface area contributed by atoms with Gasteiger partial charge in [-0.15, -0.1) is 0 Å². The smallest absolute Gasteiger partial charge is 1.00 e. The molecule has 81 heavy (non-hydrogen) atoms. The van der Waals surface area contributed by atoms with Gasteiger partial charge in [0.25, 0.3) is 18.3 Å². The van der Waals surface area contributed by atoms with E-state index in [0.717, 1.165) is 37.4 Å². The van der Waals surface area contributed by atoms with Gasteiger partial charge in [-0.2, -0.15) is 36.5 Å². The number of hydrogen-bond acceptors (Lipinski definition) is 15. The van der Waals surface area contributed by atoms with Gasteiger partial charge in [-0.25, -0.2) is 19.6 Å². The number of anilines is 2. The molecule has 0 atom stereocenters. The maximum Gasteiger partial charge on any atom is 1.00 e. The van der Waals surface area contributed by atoms with Gasteiger partial charge in [0.1, 0.15) is 34.0 Å². The van der Waals surface area contributed by atoms with Crippen molar-refractivity contribution in [1.29, 1.82) is 0 Å². The average molecular weight is 1450 g/mol. The summed E-state index contributed by atoms with van der Waals surface area (Å²) >= 11 is 3.40. The molecule has 2 aromatic carbocycles. The van der Waals surface area contributed by atoms with E-state index in [9.17, 15) is 55.7 Å². The topological polar surface area (TPSA) is 279 Å². The molecule has 430 valence electrons. The van der Waals surface area contributed by atoms with Gasteiger partial charge < -0.3 is 51.7 Å². The fraction of sp³-hybridized carbons (Fsp3) is 0.431. The minimum Gasteiger partial charge on any atom is -1.00 e. The molecule has 6 heterocycles. The summed E-state index contributed by atoms with van der Waals surface area (Å²) in [5, 5.41) is 47.1. The number of nitrogens with one attached hydrogen (secondary N) is 3. The molecule has 21 nitrogen and oxygen atoms in total. The summed E-state index contributed by atoms with van der Waals surface area (Å²) in [4.78, 5) is 70.4. The van der Waals surface area contributed by atoms with E-state index in [1.807, 2.05) is 20.8 Å². The first-order valence-corrected chi connectivity index (χ1v) is 24.8.